The van der Waals surface area contributed by atoms with Crippen LogP contribution in [0.4, 0.5) is 0 Å². The van der Waals surface area contributed by atoms with Gasteiger partial charge in [0, 0.05) is 18.7 Å². The molecule has 176 valence electrons. The molecule has 0 aromatic heterocycles. The number of carbonyl (C=O) groups excluding carboxylic acids is 2. The molecule has 0 spiro atoms. The zero-order valence-electron chi connectivity index (χ0n) is 19.2. The van der Waals surface area contributed by atoms with Gasteiger partial charge in [-0.05, 0) is 61.5 Å². The van der Waals surface area contributed by atoms with Crippen molar-refractivity contribution in [1.29, 1.82) is 0 Å². The van der Waals surface area contributed by atoms with Crippen molar-refractivity contribution in [2.24, 2.45) is 0 Å². The maximum absolute atomic E-state index is 13.2. The summed E-state index contributed by atoms with van der Waals surface area (Å²) >= 11 is 12.4. The normalized spacial score (nSPS) is 17.8. The number of carbonyl (C=O) groups is 2. The van der Waals surface area contributed by atoms with E-state index in [2.05, 4.69) is 4.90 Å². The molecule has 1 aliphatic rings. The smallest absolute Gasteiger partial charge is 0.295 e. The SMILES string of the molecule is CCN(CC)CCN1C(=O)C(=O)/C(=C(/O)c2ccc(OC)c(C)c2)[C@H]1c1ccc(Cl)c(Cl)c1. The average Bonchev–Trinajstić information content (AvgIpc) is 3.06. The number of nitrogens with zero attached hydrogens (tertiary/aromatic N) is 2. The van der Waals surface area contributed by atoms with E-state index in [0.717, 1.165) is 18.7 Å². The maximum Gasteiger partial charge on any atom is 0.295 e. The number of amides is 1. The quantitative estimate of drug-likeness (QED) is 0.317. The third-order valence-corrected chi connectivity index (χ3v) is 6.76. The van der Waals surface area contributed by atoms with E-state index in [1.165, 1.54) is 4.90 Å². The van der Waals surface area contributed by atoms with Gasteiger partial charge in [-0.1, -0.05) is 43.1 Å². The first-order chi connectivity index (χ1) is 15.7. The molecule has 6 nitrogen and oxygen atoms in total. The fraction of sp³-hybridized carbons (Fsp3) is 0.360. The van der Waals surface area contributed by atoms with E-state index in [9.17, 15) is 14.7 Å². The minimum Gasteiger partial charge on any atom is -0.507 e. The highest BCUT2D eigenvalue weighted by Crippen LogP contribution is 2.41. The van der Waals surface area contributed by atoms with Gasteiger partial charge in [-0.2, -0.15) is 0 Å². The number of likely N-dealkylation sites (tertiary alicyclic amines) is 1. The number of aliphatic hydroxyl groups excluding tert-OH is 1. The van der Waals surface area contributed by atoms with E-state index in [1.807, 2.05) is 20.8 Å². The highest BCUT2D eigenvalue weighted by molar-refractivity contribution is 6.46. The molecular weight excluding hydrogens is 463 g/mol. The third kappa shape index (κ3) is 5.03. The Morgan fingerprint density at radius 3 is 2.36 bits per heavy atom. The van der Waals surface area contributed by atoms with Gasteiger partial charge >= 0.3 is 0 Å². The fourth-order valence-corrected chi connectivity index (χ4v) is 4.42. The number of aliphatic hydroxyl groups is 1. The number of ketones is 1. The molecule has 33 heavy (non-hydrogen) atoms. The Hall–Kier alpha value is -2.54. The standard InChI is InChI=1S/C25H28Cl2N2O4/c1-5-28(6-2)11-12-29-22(16-7-9-18(26)19(27)14-16)21(24(31)25(29)32)23(30)17-8-10-20(33-4)15(3)13-17/h7-10,13-14,22,30H,5-6,11-12H2,1-4H3/b23-21+/t22-/m1/s1. The topological polar surface area (TPSA) is 70.1 Å². The Morgan fingerprint density at radius 1 is 1.09 bits per heavy atom. The van der Waals surface area contributed by atoms with Gasteiger partial charge in [-0.3, -0.25) is 9.59 Å². The van der Waals surface area contributed by atoms with Crippen LogP contribution in [0.5, 0.6) is 5.75 Å². The molecule has 0 aliphatic carbocycles. The molecule has 1 fully saturated rings. The van der Waals surface area contributed by atoms with Crippen molar-refractivity contribution in [3.63, 3.8) is 0 Å². The van der Waals surface area contributed by atoms with Gasteiger partial charge in [-0.15, -0.1) is 0 Å². The van der Waals surface area contributed by atoms with Gasteiger partial charge in [0.25, 0.3) is 11.7 Å². The predicted octanol–water partition coefficient (Wildman–Crippen LogP) is 5.07. The van der Waals surface area contributed by atoms with Gasteiger partial charge in [-0.25, -0.2) is 0 Å². The Bertz CT molecular complexity index is 1100. The molecule has 1 amide bonds. The van der Waals surface area contributed by atoms with Crippen LogP contribution in [0.25, 0.3) is 5.76 Å². The van der Waals surface area contributed by atoms with Crippen LogP contribution in [0, 0.1) is 6.92 Å². The second-order valence-corrected chi connectivity index (χ2v) is 8.69. The van der Waals surface area contributed by atoms with E-state index < -0.39 is 17.7 Å². The Morgan fingerprint density at radius 2 is 1.79 bits per heavy atom. The van der Waals surface area contributed by atoms with E-state index in [-0.39, 0.29) is 11.3 Å². The molecule has 1 saturated heterocycles. The molecule has 0 unspecified atom stereocenters. The van der Waals surface area contributed by atoms with Crippen LogP contribution < -0.4 is 4.74 Å². The first-order valence-electron chi connectivity index (χ1n) is 10.8. The van der Waals surface area contributed by atoms with E-state index >= 15 is 0 Å². The Labute approximate surface area is 204 Å². The van der Waals surface area contributed by atoms with Gasteiger partial charge in [0.15, 0.2) is 0 Å². The number of rotatable bonds is 8. The first kappa shape index (κ1) is 25.1. The molecule has 0 radical (unpaired) electrons. The number of likely N-dealkylation sites (N-methyl/N-ethyl adjacent to an activating group) is 1. The Balaban J connectivity index is 2.14. The lowest BCUT2D eigenvalue weighted by Gasteiger charge is -2.28. The fourth-order valence-electron chi connectivity index (χ4n) is 4.11. The summed E-state index contributed by atoms with van der Waals surface area (Å²) in [4.78, 5) is 29.9. The van der Waals surface area contributed by atoms with Crippen molar-refractivity contribution in [2.45, 2.75) is 26.8 Å². The third-order valence-electron chi connectivity index (χ3n) is 6.02. The average molecular weight is 491 g/mol. The highest BCUT2D eigenvalue weighted by atomic mass is 35.5. The second kappa shape index (κ2) is 10.6. The molecule has 1 atom stereocenters. The van der Waals surface area contributed by atoms with E-state index in [0.29, 0.717) is 40.0 Å². The van der Waals surface area contributed by atoms with Gasteiger partial charge in [0.1, 0.15) is 11.5 Å². The summed E-state index contributed by atoms with van der Waals surface area (Å²) in [5.41, 5.74) is 1.86. The monoisotopic (exact) mass is 490 g/mol. The van der Waals surface area contributed by atoms with Crippen molar-refractivity contribution >= 4 is 40.7 Å². The molecule has 0 saturated carbocycles. The molecule has 3 rings (SSSR count). The van der Waals surface area contributed by atoms with E-state index in [1.54, 1.807) is 43.5 Å². The van der Waals surface area contributed by atoms with Crippen molar-refractivity contribution in [3.05, 3.63) is 68.7 Å². The lowest BCUT2D eigenvalue weighted by Crippen LogP contribution is -2.38. The molecule has 1 N–H and O–H groups in total. The zero-order chi connectivity index (χ0) is 24.3. The number of ether oxygens (including phenoxy) is 1. The molecule has 2 aromatic carbocycles. The molecule has 8 heteroatoms. The van der Waals surface area contributed by atoms with Gasteiger partial charge in [0.2, 0.25) is 0 Å². The number of benzene rings is 2. The number of aryl methyl sites for hydroxylation is 1. The van der Waals surface area contributed by atoms with Crippen LogP contribution >= 0.6 is 23.2 Å². The lowest BCUT2D eigenvalue weighted by molar-refractivity contribution is -0.140. The number of hydrogen-bond acceptors (Lipinski definition) is 5. The lowest BCUT2D eigenvalue weighted by atomic mass is 9.94. The van der Waals surface area contributed by atoms with Crippen LogP contribution in [-0.4, -0.2) is 59.9 Å². The number of Topliss-reactive ketones (excluding diaryl/α,β-unsaturated/α-hetero) is 1. The molecule has 1 aliphatic heterocycles. The number of hydrogen-bond donors (Lipinski definition) is 1. The second-order valence-electron chi connectivity index (χ2n) is 7.88. The van der Waals surface area contributed by atoms with E-state index in [4.69, 9.17) is 27.9 Å². The predicted molar refractivity (Wildman–Crippen MR) is 131 cm³/mol. The summed E-state index contributed by atoms with van der Waals surface area (Å²) in [6, 6.07) is 9.31. The molecule has 0 bridgehead atoms. The summed E-state index contributed by atoms with van der Waals surface area (Å²) in [6.07, 6.45) is 0. The van der Waals surface area contributed by atoms with Crippen LogP contribution in [0.1, 0.15) is 36.6 Å². The summed E-state index contributed by atoms with van der Waals surface area (Å²) < 4.78 is 5.29. The van der Waals surface area contributed by atoms with Gasteiger partial charge < -0.3 is 19.6 Å². The molecular formula is C25H28Cl2N2O4. The van der Waals surface area contributed by atoms with Crippen molar-refractivity contribution in [2.75, 3.05) is 33.3 Å². The summed E-state index contributed by atoms with van der Waals surface area (Å²) in [5.74, 6) is -0.950. The summed E-state index contributed by atoms with van der Waals surface area (Å²) in [6.45, 7) is 8.50. The summed E-state index contributed by atoms with van der Waals surface area (Å²) in [7, 11) is 1.56. The van der Waals surface area contributed by atoms with Crippen molar-refractivity contribution < 1.29 is 19.4 Å². The first-order valence-corrected chi connectivity index (χ1v) is 11.6. The minimum absolute atomic E-state index is 0.0301. The van der Waals surface area contributed by atoms with Gasteiger partial charge in [0.05, 0.1) is 28.8 Å². The number of halogens is 2. The van der Waals surface area contributed by atoms with Crippen LogP contribution in [-0.2, 0) is 9.59 Å². The van der Waals surface area contributed by atoms with Crippen molar-refractivity contribution in [3.8, 4) is 5.75 Å². The van der Waals surface area contributed by atoms with Crippen LogP contribution in [0.2, 0.25) is 10.0 Å². The molecule has 1 heterocycles. The Kier molecular flexibility index (Phi) is 8.05. The number of methoxy groups -OCH3 is 1. The van der Waals surface area contributed by atoms with Crippen LogP contribution in [0.15, 0.2) is 42.0 Å². The zero-order valence-corrected chi connectivity index (χ0v) is 20.7. The van der Waals surface area contributed by atoms with Crippen molar-refractivity contribution in [1.82, 2.24) is 9.80 Å². The highest BCUT2D eigenvalue weighted by Gasteiger charge is 2.46. The maximum atomic E-state index is 13.2. The summed E-state index contributed by atoms with van der Waals surface area (Å²) in [5, 5.41) is 11.9. The largest absolute Gasteiger partial charge is 0.507 e. The van der Waals surface area contributed by atoms with Crippen LogP contribution in [0.3, 0.4) is 0 Å². The molecule has 2 aromatic rings. The minimum atomic E-state index is -0.780.